The number of carbonyl (C=O) groups excluding carboxylic acids is 1. The maximum Gasteiger partial charge on any atom is 0.416 e. The number of hydrogen-bond acceptors (Lipinski definition) is 1. The third-order valence-corrected chi connectivity index (χ3v) is 3.05. The van der Waals surface area contributed by atoms with Gasteiger partial charge >= 0.3 is 6.18 Å². The molecule has 0 aromatic heterocycles. The van der Waals surface area contributed by atoms with E-state index >= 15 is 0 Å². The van der Waals surface area contributed by atoms with Gasteiger partial charge in [0.05, 0.1) is 5.56 Å². The predicted molar refractivity (Wildman–Crippen MR) is 81.0 cm³/mol. The van der Waals surface area contributed by atoms with Gasteiger partial charge in [-0.1, -0.05) is 54.6 Å². The molecule has 2 aromatic carbocycles. The van der Waals surface area contributed by atoms with Crippen LogP contribution < -0.4 is 0 Å². The smallest absolute Gasteiger partial charge is 0.299 e. The first-order valence-electron chi connectivity index (χ1n) is 6.57. The van der Waals surface area contributed by atoms with Crippen LogP contribution in [0.4, 0.5) is 13.2 Å². The topological polar surface area (TPSA) is 17.1 Å². The molecule has 0 spiro atoms. The summed E-state index contributed by atoms with van der Waals surface area (Å²) < 4.78 is 37.5. The number of aldehydes is 1. The highest BCUT2D eigenvalue weighted by molar-refractivity contribution is 5.88. The van der Waals surface area contributed by atoms with Gasteiger partial charge in [-0.05, 0) is 34.9 Å². The maximum atomic E-state index is 12.5. The molecule has 2 aromatic rings. The Bertz CT molecular complexity index is 681. The lowest BCUT2D eigenvalue weighted by Gasteiger charge is -2.06. The van der Waals surface area contributed by atoms with E-state index in [4.69, 9.17) is 0 Å². The molecule has 112 valence electrons. The molecule has 0 radical (unpaired) electrons. The maximum absolute atomic E-state index is 12.5. The Morgan fingerprint density at radius 1 is 0.909 bits per heavy atom. The highest BCUT2D eigenvalue weighted by Gasteiger charge is 2.29. The number of benzene rings is 2. The minimum Gasteiger partial charge on any atom is -0.299 e. The van der Waals surface area contributed by atoms with Crippen molar-refractivity contribution in [3.63, 3.8) is 0 Å². The summed E-state index contributed by atoms with van der Waals surface area (Å²) in [6.45, 7) is 0. The zero-order valence-electron chi connectivity index (χ0n) is 11.5. The van der Waals surface area contributed by atoms with E-state index in [1.54, 1.807) is 12.2 Å². The molecule has 4 heteroatoms. The average Bonchev–Trinajstić information content (AvgIpc) is 2.52. The minimum atomic E-state index is -4.34. The third kappa shape index (κ3) is 4.19. The molecule has 22 heavy (non-hydrogen) atoms. The lowest BCUT2D eigenvalue weighted by Crippen LogP contribution is -2.03. The summed E-state index contributed by atoms with van der Waals surface area (Å²) in [5.41, 5.74) is 1.49. The van der Waals surface area contributed by atoms with Crippen molar-refractivity contribution in [3.8, 4) is 0 Å². The molecule has 0 aliphatic carbocycles. The zero-order valence-corrected chi connectivity index (χ0v) is 11.5. The molecule has 0 aliphatic heterocycles. The van der Waals surface area contributed by atoms with Crippen LogP contribution in [-0.4, -0.2) is 6.29 Å². The Morgan fingerprint density at radius 2 is 1.55 bits per heavy atom. The predicted octanol–water partition coefficient (Wildman–Crippen LogP) is 5.00. The minimum absolute atomic E-state index is 0.626. The van der Waals surface area contributed by atoms with Crippen molar-refractivity contribution in [1.82, 2.24) is 0 Å². The molecular weight excluding hydrogens is 289 g/mol. The van der Waals surface area contributed by atoms with Gasteiger partial charge in [-0.25, -0.2) is 0 Å². The quantitative estimate of drug-likeness (QED) is 0.441. The third-order valence-electron chi connectivity index (χ3n) is 3.05. The van der Waals surface area contributed by atoms with Gasteiger partial charge in [0.1, 0.15) is 6.29 Å². The van der Waals surface area contributed by atoms with Crippen LogP contribution in [0, 0.1) is 0 Å². The SMILES string of the molecule is O=C/C=C(/C=C/c1ccc(C(F)(F)F)cc1)c1ccccc1. The van der Waals surface area contributed by atoms with Gasteiger partial charge in [-0.3, -0.25) is 4.79 Å². The number of alkyl halides is 3. The van der Waals surface area contributed by atoms with Crippen molar-refractivity contribution in [2.45, 2.75) is 6.18 Å². The Balaban J connectivity index is 2.22. The normalized spacial score (nSPS) is 12.6. The van der Waals surface area contributed by atoms with Crippen molar-refractivity contribution < 1.29 is 18.0 Å². The Hall–Kier alpha value is -2.62. The largest absolute Gasteiger partial charge is 0.416 e. The lowest BCUT2D eigenvalue weighted by atomic mass is 10.0. The van der Waals surface area contributed by atoms with Crippen LogP contribution in [0.25, 0.3) is 11.6 Å². The second kappa shape index (κ2) is 6.89. The number of hydrogen-bond donors (Lipinski definition) is 0. The molecule has 0 saturated carbocycles. The highest BCUT2D eigenvalue weighted by Crippen LogP contribution is 2.29. The first-order valence-corrected chi connectivity index (χ1v) is 6.57. The average molecular weight is 302 g/mol. The van der Waals surface area contributed by atoms with E-state index in [-0.39, 0.29) is 0 Å². The molecule has 0 atom stereocenters. The first-order chi connectivity index (χ1) is 10.5. The fourth-order valence-corrected chi connectivity index (χ4v) is 1.92. The van der Waals surface area contributed by atoms with Gasteiger partial charge in [0.25, 0.3) is 0 Å². The summed E-state index contributed by atoms with van der Waals surface area (Å²) in [5, 5.41) is 0. The number of rotatable bonds is 4. The summed E-state index contributed by atoms with van der Waals surface area (Å²) in [6, 6.07) is 14.1. The van der Waals surface area contributed by atoms with Crippen LogP contribution in [0.1, 0.15) is 16.7 Å². The van der Waals surface area contributed by atoms with Crippen LogP contribution in [0.2, 0.25) is 0 Å². The molecule has 0 fully saturated rings. The molecular formula is C18H13F3O. The molecule has 2 rings (SSSR count). The molecule has 0 aliphatic rings. The highest BCUT2D eigenvalue weighted by atomic mass is 19.4. The Morgan fingerprint density at radius 3 is 2.09 bits per heavy atom. The molecule has 0 amide bonds. The van der Waals surface area contributed by atoms with Gasteiger partial charge in [0.15, 0.2) is 0 Å². The molecule has 0 bridgehead atoms. The first kappa shape index (κ1) is 15.8. The monoisotopic (exact) mass is 302 g/mol. The number of carbonyl (C=O) groups is 1. The number of allylic oxidation sites excluding steroid dienone is 3. The summed E-state index contributed by atoms with van der Waals surface area (Å²) >= 11 is 0. The van der Waals surface area contributed by atoms with Crippen molar-refractivity contribution in [2.75, 3.05) is 0 Å². The van der Waals surface area contributed by atoms with Gasteiger partial charge in [-0.15, -0.1) is 0 Å². The molecule has 0 heterocycles. The molecule has 1 nitrogen and oxygen atoms in total. The standard InChI is InChI=1S/C18H13F3O/c19-18(20,21)17-10-7-14(8-11-17)6-9-16(12-13-22)15-4-2-1-3-5-15/h1-13H/b9-6+,16-12-. The van der Waals surface area contributed by atoms with E-state index in [2.05, 4.69) is 0 Å². The fraction of sp³-hybridized carbons (Fsp3) is 0.0556. The summed E-state index contributed by atoms with van der Waals surface area (Å²) in [4.78, 5) is 10.7. The Labute approximate surface area is 126 Å². The van der Waals surface area contributed by atoms with Crippen LogP contribution in [-0.2, 0) is 11.0 Å². The van der Waals surface area contributed by atoms with Crippen LogP contribution in [0.5, 0.6) is 0 Å². The molecule has 0 saturated heterocycles. The van der Waals surface area contributed by atoms with E-state index in [0.29, 0.717) is 17.4 Å². The van der Waals surface area contributed by atoms with Gasteiger partial charge in [0, 0.05) is 0 Å². The lowest BCUT2D eigenvalue weighted by molar-refractivity contribution is -0.137. The second-order valence-electron chi connectivity index (χ2n) is 4.58. The van der Waals surface area contributed by atoms with E-state index in [1.807, 2.05) is 30.3 Å². The molecule has 0 N–H and O–H groups in total. The summed E-state index contributed by atoms with van der Waals surface area (Å²) in [7, 11) is 0. The van der Waals surface area contributed by atoms with Gasteiger partial charge in [0.2, 0.25) is 0 Å². The van der Waals surface area contributed by atoms with Crippen LogP contribution >= 0.6 is 0 Å². The second-order valence-corrected chi connectivity index (χ2v) is 4.58. The van der Waals surface area contributed by atoms with Crippen LogP contribution in [0.15, 0.2) is 66.7 Å². The van der Waals surface area contributed by atoms with Crippen molar-refractivity contribution >= 4 is 17.9 Å². The van der Waals surface area contributed by atoms with E-state index in [1.165, 1.54) is 18.2 Å². The van der Waals surface area contributed by atoms with Gasteiger partial charge < -0.3 is 0 Å². The van der Waals surface area contributed by atoms with Crippen molar-refractivity contribution in [1.29, 1.82) is 0 Å². The van der Waals surface area contributed by atoms with E-state index in [9.17, 15) is 18.0 Å². The summed E-state index contributed by atoms with van der Waals surface area (Å²) in [5.74, 6) is 0. The van der Waals surface area contributed by atoms with Crippen molar-refractivity contribution in [2.24, 2.45) is 0 Å². The van der Waals surface area contributed by atoms with Gasteiger partial charge in [-0.2, -0.15) is 13.2 Å². The number of halogens is 3. The van der Waals surface area contributed by atoms with Crippen molar-refractivity contribution in [3.05, 3.63) is 83.4 Å². The summed E-state index contributed by atoms with van der Waals surface area (Å²) in [6.07, 6.45) is 1.12. The van der Waals surface area contributed by atoms with Crippen LogP contribution in [0.3, 0.4) is 0 Å². The molecule has 0 unspecified atom stereocenters. The van der Waals surface area contributed by atoms with E-state index in [0.717, 1.165) is 17.7 Å². The van der Waals surface area contributed by atoms with E-state index < -0.39 is 11.7 Å². The zero-order chi connectivity index (χ0) is 16.0. The Kier molecular flexibility index (Phi) is 4.94. The fourth-order valence-electron chi connectivity index (χ4n) is 1.92.